The second-order valence-electron chi connectivity index (χ2n) is 4.77. The van der Waals surface area contributed by atoms with Crippen molar-refractivity contribution in [3.63, 3.8) is 0 Å². The molecule has 1 saturated carbocycles. The SMILES string of the molecule is CCN(CC1CCC1)C(=O)c1cccc(N)c1. The third-order valence-corrected chi connectivity index (χ3v) is 3.51. The molecule has 1 aromatic rings. The fourth-order valence-corrected chi connectivity index (χ4v) is 2.20. The van der Waals surface area contributed by atoms with E-state index in [1.165, 1.54) is 19.3 Å². The second-order valence-corrected chi connectivity index (χ2v) is 4.77. The van der Waals surface area contributed by atoms with Gasteiger partial charge in [0.2, 0.25) is 0 Å². The minimum atomic E-state index is 0.103. The Bertz CT molecular complexity index is 399. The highest BCUT2D eigenvalue weighted by molar-refractivity contribution is 5.95. The van der Waals surface area contributed by atoms with Gasteiger partial charge >= 0.3 is 0 Å². The van der Waals surface area contributed by atoms with Crippen LogP contribution in [0.4, 0.5) is 5.69 Å². The molecule has 1 amide bonds. The molecule has 0 bridgehead atoms. The van der Waals surface area contributed by atoms with Crippen LogP contribution in [0.1, 0.15) is 36.5 Å². The second kappa shape index (κ2) is 5.21. The average Bonchev–Trinajstić information content (AvgIpc) is 2.27. The van der Waals surface area contributed by atoms with Gasteiger partial charge in [0.15, 0.2) is 0 Å². The highest BCUT2D eigenvalue weighted by atomic mass is 16.2. The van der Waals surface area contributed by atoms with Gasteiger partial charge in [0, 0.05) is 24.3 Å². The van der Waals surface area contributed by atoms with E-state index in [4.69, 9.17) is 5.73 Å². The number of hydrogen-bond acceptors (Lipinski definition) is 2. The molecule has 2 rings (SSSR count). The minimum Gasteiger partial charge on any atom is -0.399 e. The number of nitrogen functional groups attached to an aromatic ring is 1. The molecule has 0 radical (unpaired) electrons. The smallest absolute Gasteiger partial charge is 0.253 e. The maximum Gasteiger partial charge on any atom is 0.253 e. The Morgan fingerprint density at radius 2 is 2.24 bits per heavy atom. The van der Waals surface area contributed by atoms with Crippen LogP contribution in [0.3, 0.4) is 0 Å². The third-order valence-electron chi connectivity index (χ3n) is 3.51. The van der Waals surface area contributed by atoms with Crippen molar-refractivity contribution < 1.29 is 4.79 Å². The summed E-state index contributed by atoms with van der Waals surface area (Å²) in [6.45, 7) is 3.69. The standard InChI is InChI=1S/C14H20N2O/c1-2-16(10-11-5-3-6-11)14(17)12-7-4-8-13(15)9-12/h4,7-9,11H,2-3,5-6,10,15H2,1H3. The summed E-state index contributed by atoms with van der Waals surface area (Å²) in [7, 11) is 0. The van der Waals surface area contributed by atoms with Gasteiger partial charge in [-0.25, -0.2) is 0 Å². The van der Waals surface area contributed by atoms with E-state index in [2.05, 4.69) is 0 Å². The van der Waals surface area contributed by atoms with Gasteiger partial charge in [0.25, 0.3) is 5.91 Å². The topological polar surface area (TPSA) is 46.3 Å². The molecule has 0 heterocycles. The summed E-state index contributed by atoms with van der Waals surface area (Å²) in [5.41, 5.74) is 7.05. The number of carbonyl (C=O) groups is 1. The number of rotatable bonds is 4. The molecule has 1 aromatic carbocycles. The first-order chi connectivity index (χ1) is 8.20. The molecule has 0 spiro atoms. The van der Waals surface area contributed by atoms with Crippen molar-refractivity contribution in [2.24, 2.45) is 5.92 Å². The number of carbonyl (C=O) groups excluding carboxylic acids is 1. The van der Waals surface area contributed by atoms with Crippen LogP contribution in [0.25, 0.3) is 0 Å². The van der Waals surface area contributed by atoms with Crippen LogP contribution in [-0.4, -0.2) is 23.9 Å². The highest BCUT2D eigenvalue weighted by Gasteiger charge is 2.23. The van der Waals surface area contributed by atoms with Crippen molar-refractivity contribution in [1.29, 1.82) is 0 Å². The van der Waals surface area contributed by atoms with Crippen LogP contribution in [0, 0.1) is 5.92 Å². The van der Waals surface area contributed by atoms with Gasteiger partial charge in [0.1, 0.15) is 0 Å². The molecule has 92 valence electrons. The molecule has 1 fully saturated rings. The molecule has 3 heteroatoms. The molecule has 0 unspecified atom stereocenters. The maximum atomic E-state index is 12.3. The van der Waals surface area contributed by atoms with E-state index in [1.807, 2.05) is 24.0 Å². The fourth-order valence-electron chi connectivity index (χ4n) is 2.20. The van der Waals surface area contributed by atoms with Crippen molar-refractivity contribution in [1.82, 2.24) is 4.90 Å². The molecule has 0 saturated heterocycles. The van der Waals surface area contributed by atoms with Gasteiger partial charge < -0.3 is 10.6 Å². The van der Waals surface area contributed by atoms with Crippen LogP contribution in [0.2, 0.25) is 0 Å². The Hall–Kier alpha value is -1.51. The van der Waals surface area contributed by atoms with Crippen LogP contribution in [-0.2, 0) is 0 Å². The van der Waals surface area contributed by atoms with E-state index >= 15 is 0 Å². The zero-order valence-corrected chi connectivity index (χ0v) is 10.4. The van der Waals surface area contributed by atoms with E-state index in [1.54, 1.807) is 12.1 Å². The molecule has 1 aliphatic carbocycles. The Balaban J connectivity index is 2.05. The van der Waals surface area contributed by atoms with E-state index < -0.39 is 0 Å². The van der Waals surface area contributed by atoms with E-state index in [9.17, 15) is 4.79 Å². The summed E-state index contributed by atoms with van der Waals surface area (Å²) in [5, 5.41) is 0. The molecular weight excluding hydrogens is 212 g/mol. The van der Waals surface area contributed by atoms with Crippen molar-refractivity contribution in [2.75, 3.05) is 18.8 Å². The van der Waals surface area contributed by atoms with Crippen molar-refractivity contribution in [2.45, 2.75) is 26.2 Å². The number of amides is 1. The quantitative estimate of drug-likeness (QED) is 0.811. The number of anilines is 1. The Kier molecular flexibility index (Phi) is 3.67. The molecular formula is C14H20N2O. The molecule has 1 aliphatic rings. The first-order valence-corrected chi connectivity index (χ1v) is 6.35. The normalized spacial score (nSPS) is 15.4. The molecule has 0 aromatic heterocycles. The molecule has 0 aliphatic heterocycles. The summed E-state index contributed by atoms with van der Waals surface area (Å²) >= 11 is 0. The van der Waals surface area contributed by atoms with Crippen LogP contribution in [0.5, 0.6) is 0 Å². The van der Waals surface area contributed by atoms with E-state index in [-0.39, 0.29) is 5.91 Å². The van der Waals surface area contributed by atoms with Crippen LogP contribution < -0.4 is 5.73 Å². The van der Waals surface area contributed by atoms with Gasteiger partial charge in [-0.15, -0.1) is 0 Å². The Morgan fingerprint density at radius 3 is 2.76 bits per heavy atom. The zero-order chi connectivity index (χ0) is 12.3. The van der Waals surface area contributed by atoms with E-state index in [0.29, 0.717) is 17.2 Å². The number of hydrogen-bond donors (Lipinski definition) is 1. The molecule has 0 atom stereocenters. The van der Waals surface area contributed by atoms with Gasteiger partial charge in [0.05, 0.1) is 0 Å². The minimum absolute atomic E-state index is 0.103. The largest absolute Gasteiger partial charge is 0.399 e. The molecule has 3 nitrogen and oxygen atoms in total. The van der Waals surface area contributed by atoms with Crippen molar-refractivity contribution in [3.8, 4) is 0 Å². The molecule has 17 heavy (non-hydrogen) atoms. The third kappa shape index (κ3) is 2.78. The summed E-state index contributed by atoms with van der Waals surface area (Å²) in [6, 6.07) is 7.23. The van der Waals surface area contributed by atoms with Crippen molar-refractivity contribution in [3.05, 3.63) is 29.8 Å². The number of benzene rings is 1. The van der Waals surface area contributed by atoms with Gasteiger partial charge in [-0.1, -0.05) is 12.5 Å². The summed E-state index contributed by atoms with van der Waals surface area (Å²) in [6.07, 6.45) is 3.84. The molecule has 2 N–H and O–H groups in total. The van der Waals surface area contributed by atoms with Crippen LogP contribution in [0.15, 0.2) is 24.3 Å². The van der Waals surface area contributed by atoms with Gasteiger partial charge in [-0.05, 0) is 43.9 Å². The highest BCUT2D eigenvalue weighted by Crippen LogP contribution is 2.27. The van der Waals surface area contributed by atoms with Gasteiger partial charge in [-0.3, -0.25) is 4.79 Å². The van der Waals surface area contributed by atoms with Gasteiger partial charge in [-0.2, -0.15) is 0 Å². The lowest BCUT2D eigenvalue weighted by molar-refractivity contribution is 0.0706. The average molecular weight is 232 g/mol. The van der Waals surface area contributed by atoms with Crippen molar-refractivity contribution >= 4 is 11.6 Å². The maximum absolute atomic E-state index is 12.3. The Morgan fingerprint density at radius 1 is 1.47 bits per heavy atom. The summed E-state index contributed by atoms with van der Waals surface area (Å²) in [4.78, 5) is 14.2. The van der Waals surface area contributed by atoms with Crippen LogP contribution >= 0.6 is 0 Å². The monoisotopic (exact) mass is 232 g/mol. The predicted molar refractivity (Wildman–Crippen MR) is 69.8 cm³/mol. The summed E-state index contributed by atoms with van der Waals surface area (Å²) in [5.74, 6) is 0.812. The predicted octanol–water partition coefficient (Wildman–Crippen LogP) is 2.53. The number of nitrogens with two attached hydrogens (primary N) is 1. The fraction of sp³-hybridized carbons (Fsp3) is 0.500. The van der Waals surface area contributed by atoms with E-state index in [0.717, 1.165) is 13.1 Å². The lowest BCUT2D eigenvalue weighted by Gasteiger charge is -2.31. The first-order valence-electron chi connectivity index (χ1n) is 6.35. The number of nitrogens with zero attached hydrogens (tertiary/aromatic N) is 1. The Labute approximate surface area is 103 Å². The summed E-state index contributed by atoms with van der Waals surface area (Å²) < 4.78 is 0. The first kappa shape index (κ1) is 12.0. The zero-order valence-electron chi connectivity index (χ0n) is 10.4. The lowest BCUT2D eigenvalue weighted by atomic mass is 9.85. The lowest BCUT2D eigenvalue weighted by Crippen LogP contribution is -2.37.